The fraction of sp³-hybridized carbons (Fsp3) is 0.200. The lowest BCUT2D eigenvalue weighted by Gasteiger charge is -2.32. The van der Waals surface area contributed by atoms with Crippen molar-refractivity contribution in [3.05, 3.63) is 68.4 Å². The van der Waals surface area contributed by atoms with E-state index in [0.29, 0.717) is 33.2 Å². The Morgan fingerprint density at radius 3 is 2.63 bits per heavy atom. The van der Waals surface area contributed by atoms with E-state index >= 15 is 0 Å². The summed E-state index contributed by atoms with van der Waals surface area (Å²) in [4.78, 5) is 27.4. The maximum atomic E-state index is 13.3. The molecule has 3 aromatic rings. The number of rotatable bonds is 2. The zero-order chi connectivity index (χ0) is 19.5. The van der Waals surface area contributed by atoms with Crippen LogP contribution in [0.1, 0.15) is 46.6 Å². The number of nitro groups is 1. The van der Waals surface area contributed by atoms with Gasteiger partial charge in [-0.2, -0.15) is 5.26 Å². The van der Waals surface area contributed by atoms with Gasteiger partial charge in [-0.15, -0.1) is 0 Å². The van der Waals surface area contributed by atoms with Gasteiger partial charge in [0.25, 0.3) is 0 Å². The summed E-state index contributed by atoms with van der Waals surface area (Å²) < 4.78 is 5.18. The molecule has 2 aromatic carbocycles. The van der Waals surface area contributed by atoms with E-state index in [2.05, 4.69) is 11.1 Å². The van der Waals surface area contributed by atoms with E-state index in [4.69, 9.17) is 10.00 Å². The fourth-order valence-electron chi connectivity index (χ4n) is 3.82. The zero-order valence-electron chi connectivity index (χ0n) is 14.9. The van der Waals surface area contributed by atoms with Crippen LogP contribution >= 0.6 is 0 Å². The number of ketones is 1. The number of methoxy groups -OCH3 is 1. The predicted molar refractivity (Wildman–Crippen MR) is 98.2 cm³/mol. The third-order valence-corrected chi connectivity index (χ3v) is 5.21. The van der Waals surface area contributed by atoms with Gasteiger partial charge in [0.1, 0.15) is 0 Å². The average molecular weight is 361 g/mol. The molecule has 7 heteroatoms. The standard InChI is InChI=1S/C20H15N3O4/c1-20(2)13-8-16(27-3)15(23(25)26)7-12(13)18(24)17-11-5-4-10(9-21)6-14(11)22-19(17)20/h4-8,22H,1-3H3. The van der Waals surface area contributed by atoms with Crippen molar-refractivity contribution < 1.29 is 14.5 Å². The van der Waals surface area contributed by atoms with Crippen LogP contribution in [0, 0.1) is 21.4 Å². The van der Waals surface area contributed by atoms with Gasteiger partial charge in [-0.3, -0.25) is 14.9 Å². The highest BCUT2D eigenvalue weighted by molar-refractivity contribution is 6.20. The van der Waals surface area contributed by atoms with Gasteiger partial charge in [-0.25, -0.2) is 0 Å². The number of ether oxygens (including phenoxy) is 1. The van der Waals surface area contributed by atoms with Crippen molar-refractivity contribution in [2.24, 2.45) is 0 Å². The van der Waals surface area contributed by atoms with E-state index in [0.717, 1.165) is 5.69 Å². The number of nitriles is 1. The number of aromatic nitrogens is 1. The van der Waals surface area contributed by atoms with Crippen LogP contribution in [0.15, 0.2) is 30.3 Å². The fourth-order valence-corrected chi connectivity index (χ4v) is 3.82. The molecule has 1 heterocycles. The number of hydrogen-bond acceptors (Lipinski definition) is 5. The molecule has 7 nitrogen and oxygen atoms in total. The topological polar surface area (TPSA) is 109 Å². The number of fused-ring (bicyclic) bond motifs is 4. The maximum absolute atomic E-state index is 13.3. The first-order valence-electron chi connectivity index (χ1n) is 8.27. The summed E-state index contributed by atoms with van der Waals surface area (Å²) in [5.74, 6) is -0.160. The Morgan fingerprint density at radius 1 is 1.26 bits per heavy atom. The zero-order valence-corrected chi connectivity index (χ0v) is 14.9. The largest absolute Gasteiger partial charge is 0.490 e. The van der Waals surface area contributed by atoms with Crippen LogP contribution in [0.25, 0.3) is 10.9 Å². The van der Waals surface area contributed by atoms with Crippen LogP contribution in [-0.4, -0.2) is 22.8 Å². The first-order chi connectivity index (χ1) is 12.8. The van der Waals surface area contributed by atoms with Gasteiger partial charge in [-0.05, 0) is 23.8 Å². The first-order valence-corrected chi connectivity index (χ1v) is 8.27. The van der Waals surface area contributed by atoms with E-state index in [1.54, 1.807) is 24.3 Å². The van der Waals surface area contributed by atoms with E-state index in [1.807, 2.05) is 13.8 Å². The second-order valence-corrected chi connectivity index (χ2v) is 7.03. The molecule has 4 rings (SSSR count). The molecule has 1 aliphatic rings. The average Bonchev–Trinajstić information content (AvgIpc) is 3.05. The number of aromatic amines is 1. The number of nitrogens with zero attached hydrogens (tertiary/aromatic N) is 2. The van der Waals surface area contributed by atoms with E-state index in [1.165, 1.54) is 13.2 Å². The Bertz CT molecular complexity index is 1200. The molecule has 1 aliphatic carbocycles. The van der Waals surface area contributed by atoms with Gasteiger partial charge in [0.05, 0.1) is 29.2 Å². The number of benzene rings is 2. The molecule has 1 aromatic heterocycles. The molecule has 0 spiro atoms. The normalized spacial score (nSPS) is 14.4. The lowest BCUT2D eigenvalue weighted by Crippen LogP contribution is -2.30. The van der Waals surface area contributed by atoms with Crippen LogP contribution in [0.3, 0.4) is 0 Å². The third kappa shape index (κ3) is 2.16. The Kier molecular flexibility index (Phi) is 3.37. The number of H-pyrrole nitrogens is 1. The number of nitro benzene ring substituents is 1. The van der Waals surface area contributed by atoms with Crippen molar-refractivity contribution in [2.75, 3.05) is 7.11 Å². The van der Waals surface area contributed by atoms with Crippen LogP contribution in [0.2, 0.25) is 0 Å². The van der Waals surface area contributed by atoms with Gasteiger partial charge < -0.3 is 9.72 Å². The minimum absolute atomic E-state index is 0.117. The smallest absolute Gasteiger partial charge is 0.311 e. The molecule has 134 valence electrons. The van der Waals surface area contributed by atoms with Gasteiger partial charge in [0.15, 0.2) is 11.5 Å². The summed E-state index contributed by atoms with van der Waals surface area (Å²) in [6.45, 7) is 3.89. The highest BCUT2D eigenvalue weighted by Crippen LogP contribution is 2.46. The molecular weight excluding hydrogens is 346 g/mol. The lowest BCUT2D eigenvalue weighted by molar-refractivity contribution is -0.385. The van der Waals surface area contributed by atoms with E-state index < -0.39 is 10.3 Å². The molecule has 0 bridgehead atoms. The summed E-state index contributed by atoms with van der Waals surface area (Å²) in [6, 6.07) is 10.0. The Hall–Kier alpha value is -3.66. The minimum atomic E-state index is -0.604. The number of hydrogen-bond donors (Lipinski definition) is 1. The van der Waals surface area contributed by atoms with Gasteiger partial charge in [-0.1, -0.05) is 19.9 Å². The van der Waals surface area contributed by atoms with E-state index in [9.17, 15) is 14.9 Å². The SMILES string of the molecule is COc1cc2c(cc1[N+](=O)[O-])C(=O)c1c([nH]c3cc(C#N)ccc13)C2(C)C. The highest BCUT2D eigenvalue weighted by Gasteiger charge is 2.41. The Balaban J connectivity index is 2.06. The number of nitrogens with one attached hydrogen (secondary N) is 1. The molecule has 0 amide bonds. The van der Waals surface area contributed by atoms with Crippen LogP contribution in [0.4, 0.5) is 5.69 Å². The summed E-state index contributed by atoms with van der Waals surface area (Å²) in [5.41, 5.74) is 2.51. The summed E-state index contributed by atoms with van der Waals surface area (Å²) in [7, 11) is 1.37. The Morgan fingerprint density at radius 2 is 2.00 bits per heavy atom. The first kappa shape index (κ1) is 16.8. The predicted octanol–water partition coefficient (Wildman–Crippen LogP) is 3.83. The molecule has 0 aliphatic heterocycles. The molecule has 0 radical (unpaired) electrons. The molecular formula is C20H15N3O4. The van der Waals surface area contributed by atoms with Gasteiger partial charge in [0, 0.05) is 33.6 Å². The molecule has 0 saturated heterocycles. The van der Waals surface area contributed by atoms with Crippen LogP contribution in [-0.2, 0) is 5.41 Å². The van der Waals surface area contributed by atoms with Gasteiger partial charge >= 0.3 is 5.69 Å². The van der Waals surface area contributed by atoms with Crippen molar-refractivity contribution in [1.29, 1.82) is 5.26 Å². The Labute approximate surface area is 154 Å². The second-order valence-electron chi connectivity index (χ2n) is 7.03. The van der Waals surface area contributed by atoms with Gasteiger partial charge in [0.2, 0.25) is 0 Å². The quantitative estimate of drug-likeness (QED) is 0.551. The maximum Gasteiger partial charge on any atom is 0.311 e. The van der Waals surface area contributed by atoms with E-state index in [-0.39, 0.29) is 17.2 Å². The van der Waals surface area contributed by atoms with Crippen molar-refractivity contribution in [3.63, 3.8) is 0 Å². The molecule has 27 heavy (non-hydrogen) atoms. The second kappa shape index (κ2) is 5.42. The molecule has 0 atom stereocenters. The summed E-state index contributed by atoms with van der Waals surface area (Å²) in [6.07, 6.45) is 0. The molecule has 0 fully saturated rings. The van der Waals surface area contributed by atoms with Crippen LogP contribution in [0.5, 0.6) is 5.75 Å². The highest BCUT2D eigenvalue weighted by atomic mass is 16.6. The van der Waals surface area contributed by atoms with Crippen LogP contribution < -0.4 is 4.74 Å². The molecule has 0 unspecified atom stereocenters. The van der Waals surface area contributed by atoms with Crippen molar-refractivity contribution in [3.8, 4) is 11.8 Å². The molecule has 1 N–H and O–H groups in total. The monoisotopic (exact) mass is 361 g/mol. The van der Waals surface area contributed by atoms with Crippen molar-refractivity contribution >= 4 is 22.4 Å². The van der Waals surface area contributed by atoms with Crippen molar-refractivity contribution in [1.82, 2.24) is 4.98 Å². The summed E-state index contributed by atoms with van der Waals surface area (Å²) in [5, 5.41) is 21.2. The van der Waals surface area contributed by atoms with Crippen molar-refractivity contribution in [2.45, 2.75) is 19.3 Å². The number of carbonyl (C=O) groups is 1. The minimum Gasteiger partial charge on any atom is -0.490 e. The lowest BCUT2D eigenvalue weighted by atomic mass is 9.71. The number of carbonyl (C=O) groups excluding carboxylic acids is 1. The molecule has 0 saturated carbocycles. The summed E-state index contributed by atoms with van der Waals surface area (Å²) >= 11 is 0. The third-order valence-electron chi connectivity index (χ3n) is 5.21.